The van der Waals surface area contributed by atoms with E-state index in [9.17, 15) is 34.9 Å². The SMILES string of the molecule is O=C1c2cc([N+](=O)[O-])cc3cc([N+](=O)[O-])cc(c23)C(=O)N1c1cc(Cl)ccc1O. The average Bonchev–Trinajstić information content (AvgIpc) is 2.67. The molecule has 0 atom stereocenters. The van der Waals surface area contributed by atoms with Crippen LogP contribution < -0.4 is 4.90 Å². The van der Waals surface area contributed by atoms with E-state index in [0.29, 0.717) is 4.90 Å². The van der Waals surface area contributed by atoms with E-state index in [2.05, 4.69) is 0 Å². The number of rotatable bonds is 3. The number of phenols is 1. The molecule has 1 aliphatic heterocycles. The maximum absolute atomic E-state index is 13.1. The number of halogens is 1. The molecule has 0 fully saturated rings. The van der Waals surface area contributed by atoms with Crippen molar-refractivity contribution in [1.82, 2.24) is 0 Å². The number of aromatic hydroxyl groups is 1. The van der Waals surface area contributed by atoms with E-state index in [1.54, 1.807) is 0 Å². The summed E-state index contributed by atoms with van der Waals surface area (Å²) in [6.07, 6.45) is 0. The van der Waals surface area contributed by atoms with Gasteiger partial charge in [-0.3, -0.25) is 29.8 Å². The first-order valence-electron chi connectivity index (χ1n) is 7.97. The molecule has 0 spiro atoms. The van der Waals surface area contributed by atoms with Gasteiger partial charge in [0.05, 0.1) is 26.7 Å². The third kappa shape index (κ3) is 2.74. The minimum absolute atomic E-state index is 0.00932. The van der Waals surface area contributed by atoms with Gasteiger partial charge in [-0.25, -0.2) is 4.90 Å². The second-order valence-electron chi connectivity index (χ2n) is 6.18. The number of nitro benzene ring substituents is 2. The van der Waals surface area contributed by atoms with Gasteiger partial charge in [0, 0.05) is 34.7 Å². The Bertz CT molecular complexity index is 1220. The van der Waals surface area contributed by atoms with Crippen molar-refractivity contribution in [1.29, 1.82) is 0 Å². The average molecular weight is 414 g/mol. The van der Waals surface area contributed by atoms with Crippen molar-refractivity contribution in [3.63, 3.8) is 0 Å². The number of phenolic OH excluding ortho intramolecular Hbond substituents is 1. The number of non-ortho nitro benzene ring substituents is 2. The van der Waals surface area contributed by atoms with Gasteiger partial charge in [-0.2, -0.15) is 0 Å². The molecular weight excluding hydrogens is 406 g/mol. The smallest absolute Gasteiger partial charge is 0.270 e. The lowest BCUT2D eigenvalue weighted by molar-refractivity contribution is -0.385. The van der Waals surface area contributed by atoms with Gasteiger partial charge in [-0.1, -0.05) is 11.6 Å². The van der Waals surface area contributed by atoms with E-state index < -0.39 is 38.8 Å². The van der Waals surface area contributed by atoms with Crippen LogP contribution in [0.1, 0.15) is 20.7 Å². The molecule has 1 N–H and O–H groups in total. The second-order valence-corrected chi connectivity index (χ2v) is 6.61. The largest absolute Gasteiger partial charge is 0.506 e. The van der Waals surface area contributed by atoms with Crippen LogP contribution in [0.2, 0.25) is 5.02 Å². The highest BCUT2D eigenvalue weighted by molar-refractivity contribution is 6.37. The summed E-state index contributed by atoms with van der Waals surface area (Å²) in [6.45, 7) is 0. The van der Waals surface area contributed by atoms with E-state index in [1.807, 2.05) is 0 Å². The van der Waals surface area contributed by atoms with Gasteiger partial charge in [-0.05, 0) is 23.6 Å². The van der Waals surface area contributed by atoms with E-state index >= 15 is 0 Å². The molecule has 1 aliphatic rings. The molecule has 0 aromatic heterocycles. The zero-order valence-electron chi connectivity index (χ0n) is 14.2. The van der Waals surface area contributed by atoms with Crippen molar-refractivity contribution in [2.75, 3.05) is 4.90 Å². The number of carbonyl (C=O) groups excluding carboxylic acids is 2. The maximum atomic E-state index is 13.1. The number of nitrogens with zero attached hydrogens (tertiary/aromatic N) is 3. The summed E-state index contributed by atoms with van der Waals surface area (Å²) in [5, 5.41) is 32.9. The Kier molecular flexibility index (Phi) is 3.94. The molecule has 144 valence electrons. The first-order valence-corrected chi connectivity index (χ1v) is 8.34. The van der Waals surface area contributed by atoms with Gasteiger partial charge in [0.2, 0.25) is 0 Å². The molecular formula is C18H8ClN3O7. The molecule has 0 unspecified atom stereocenters. The molecule has 4 rings (SSSR count). The quantitative estimate of drug-likeness (QED) is 0.390. The lowest BCUT2D eigenvalue weighted by Crippen LogP contribution is -2.40. The van der Waals surface area contributed by atoms with Crippen molar-refractivity contribution in [2.45, 2.75) is 0 Å². The van der Waals surface area contributed by atoms with E-state index in [0.717, 1.165) is 24.3 Å². The maximum Gasteiger partial charge on any atom is 0.270 e. The fourth-order valence-electron chi connectivity index (χ4n) is 3.26. The predicted octanol–water partition coefficient (Wildman–Crippen LogP) is 3.82. The van der Waals surface area contributed by atoms with Crippen LogP contribution in [0.5, 0.6) is 5.75 Å². The molecule has 0 aliphatic carbocycles. The Morgan fingerprint density at radius 3 is 1.86 bits per heavy atom. The highest BCUT2D eigenvalue weighted by Crippen LogP contribution is 2.40. The minimum atomic E-state index is -0.928. The highest BCUT2D eigenvalue weighted by Gasteiger charge is 2.38. The standard InChI is InChI=1S/C18H8ClN3O7/c19-9-1-2-15(23)14(5-9)20-17(24)12-6-10(21(26)27)3-8-4-11(22(28)29)7-13(16(8)12)18(20)25/h1-7,23H. The van der Waals surface area contributed by atoms with Crippen LogP contribution in [-0.4, -0.2) is 26.8 Å². The third-order valence-electron chi connectivity index (χ3n) is 4.49. The van der Waals surface area contributed by atoms with Gasteiger partial charge >= 0.3 is 0 Å². The lowest BCUT2D eigenvalue weighted by atomic mass is 9.92. The third-order valence-corrected chi connectivity index (χ3v) is 4.72. The Balaban J connectivity index is 2.08. The number of carbonyl (C=O) groups is 2. The fourth-order valence-corrected chi connectivity index (χ4v) is 3.43. The molecule has 0 saturated carbocycles. The van der Waals surface area contributed by atoms with Gasteiger partial charge < -0.3 is 5.11 Å². The topological polar surface area (TPSA) is 144 Å². The van der Waals surface area contributed by atoms with Crippen molar-refractivity contribution in [3.8, 4) is 5.75 Å². The van der Waals surface area contributed by atoms with Gasteiger partial charge in [-0.15, -0.1) is 0 Å². The molecule has 1 heterocycles. The zero-order valence-corrected chi connectivity index (χ0v) is 14.9. The number of imide groups is 1. The van der Waals surface area contributed by atoms with Crippen LogP contribution in [0.4, 0.5) is 17.1 Å². The summed E-state index contributed by atoms with van der Waals surface area (Å²) in [5.74, 6) is -2.29. The molecule has 11 heteroatoms. The summed E-state index contributed by atoms with van der Waals surface area (Å²) in [6, 6.07) is 7.77. The van der Waals surface area contributed by atoms with Crippen LogP contribution in [0.15, 0.2) is 42.5 Å². The van der Waals surface area contributed by atoms with Crippen molar-refractivity contribution < 1.29 is 24.5 Å². The Morgan fingerprint density at radius 1 is 0.862 bits per heavy atom. The van der Waals surface area contributed by atoms with E-state index in [4.69, 9.17) is 11.6 Å². The van der Waals surface area contributed by atoms with Gasteiger partial charge in [0.15, 0.2) is 0 Å². The van der Waals surface area contributed by atoms with Crippen LogP contribution in [0.25, 0.3) is 10.8 Å². The highest BCUT2D eigenvalue weighted by atomic mass is 35.5. The number of benzene rings is 3. The second kappa shape index (κ2) is 6.24. The Labute approximate surface area is 165 Å². The zero-order chi connectivity index (χ0) is 21.0. The van der Waals surface area contributed by atoms with E-state index in [1.165, 1.54) is 18.2 Å². The van der Waals surface area contributed by atoms with Gasteiger partial charge in [0.1, 0.15) is 5.75 Å². The Hall–Kier alpha value is -4.05. The van der Waals surface area contributed by atoms with Crippen molar-refractivity contribution in [2.24, 2.45) is 0 Å². The monoisotopic (exact) mass is 413 g/mol. The van der Waals surface area contributed by atoms with Crippen LogP contribution >= 0.6 is 11.6 Å². The first kappa shape index (κ1) is 18.3. The molecule has 10 nitrogen and oxygen atoms in total. The normalized spacial score (nSPS) is 13.1. The molecule has 29 heavy (non-hydrogen) atoms. The predicted molar refractivity (Wildman–Crippen MR) is 102 cm³/mol. The number of amides is 2. The summed E-state index contributed by atoms with van der Waals surface area (Å²) >= 11 is 5.91. The summed E-state index contributed by atoms with van der Waals surface area (Å²) in [5.41, 5.74) is -1.59. The Morgan fingerprint density at radius 2 is 1.38 bits per heavy atom. The van der Waals surface area contributed by atoms with E-state index in [-0.39, 0.29) is 32.6 Å². The molecule has 3 aromatic rings. The number of hydrogen-bond acceptors (Lipinski definition) is 7. The first-order chi connectivity index (χ1) is 13.7. The summed E-state index contributed by atoms with van der Waals surface area (Å²) in [4.78, 5) is 47.8. The van der Waals surface area contributed by atoms with Crippen molar-refractivity contribution in [3.05, 3.63) is 78.8 Å². The fraction of sp³-hybridized carbons (Fsp3) is 0. The minimum Gasteiger partial charge on any atom is -0.506 e. The number of nitro groups is 2. The lowest BCUT2D eigenvalue weighted by Gasteiger charge is -2.27. The molecule has 2 amide bonds. The van der Waals surface area contributed by atoms with Crippen LogP contribution in [0, 0.1) is 20.2 Å². The van der Waals surface area contributed by atoms with Crippen LogP contribution in [-0.2, 0) is 0 Å². The summed E-state index contributed by atoms with van der Waals surface area (Å²) in [7, 11) is 0. The number of hydrogen-bond donors (Lipinski definition) is 1. The van der Waals surface area contributed by atoms with Crippen LogP contribution in [0.3, 0.4) is 0 Å². The molecule has 0 bridgehead atoms. The molecule has 3 aromatic carbocycles. The van der Waals surface area contributed by atoms with Crippen molar-refractivity contribution >= 4 is 51.2 Å². The van der Waals surface area contributed by atoms with Gasteiger partial charge in [0.25, 0.3) is 23.2 Å². The number of anilines is 1. The summed E-state index contributed by atoms with van der Waals surface area (Å²) < 4.78 is 0. The molecule has 0 saturated heterocycles. The molecule has 0 radical (unpaired) electrons.